The van der Waals surface area contributed by atoms with Gasteiger partial charge in [-0.05, 0) is 93.2 Å². The molecule has 1 unspecified atom stereocenters. The summed E-state index contributed by atoms with van der Waals surface area (Å²) in [7, 11) is 0. The van der Waals surface area contributed by atoms with Crippen LogP contribution in [0.15, 0.2) is 48.5 Å². The standard InChI is InChI=1S/C35H47N3O3/c1-2-3-12-32(36-35-21-6-8-26(25-35)9-7-22-35)41-30-16-13-28(14-17-30)34(40)37-23-19-29(20-24-37)38-31-11-5-4-10-27(31)15-18-33(38)39/h4-5,10-11,13-14,16-17,26,29,32,36H,2-3,6-9,12,15,18-25H2,1H3. The molecule has 6 rings (SSSR count). The number of benzene rings is 2. The number of hydrogen-bond acceptors (Lipinski definition) is 4. The summed E-state index contributed by atoms with van der Waals surface area (Å²) in [4.78, 5) is 30.2. The first-order chi connectivity index (χ1) is 20.0. The first-order valence-corrected chi connectivity index (χ1v) is 16.3. The van der Waals surface area contributed by atoms with E-state index in [0.29, 0.717) is 25.1 Å². The molecule has 41 heavy (non-hydrogen) atoms. The Morgan fingerprint density at radius 3 is 2.46 bits per heavy atom. The maximum absolute atomic E-state index is 13.4. The van der Waals surface area contributed by atoms with Crippen LogP contribution in [0, 0.1) is 5.92 Å². The average molecular weight is 558 g/mol. The van der Waals surface area contributed by atoms with Crippen LogP contribution < -0.4 is 15.0 Å². The number of anilines is 1. The number of nitrogens with zero attached hydrogens (tertiary/aromatic N) is 2. The molecule has 2 bridgehead atoms. The summed E-state index contributed by atoms with van der Waals surface area (Å²) in [5.74, 6) is 1.98. The van der Waals surface area contributed by atoms with Crippen molar-refractivity contribution < 1.29 is 14.3 Å². The lowest BCUT2D eigenvalue weighted by Gasteiger charge is -2.47. The first kappa shape index (κ1) is 28.3. The monoisotopic (exact) mass is 557 g/mol. The molecule has 6 heteroatoms. The summed E-state index contributed by atoms with van der Waals surface area (Å²) in [5.41, 5.74) is 3.25. The summed E-state index contributed by atoms with van der Waals surface area (Å²) in [5, 5.41) is 3.99. The van der Waals surface area contributed by atoms with Gasteiger partial charge in [-0.1, -0.05) is 57.2 Å². The predicted octanol–water partition coefficient (Wildman–Crippen LogP) is 6.87. The van der Waals surface area contributed by atoms with Crippen molar-refractivity contribution in [3.63, 3.8) is 0 Å². The van der Waals surface area contributed by atoms with Crippen LogP contribution in [0.25, 0.3) is 0 Å². The SMILES string of the molecule is CCCCC(NC12CCCC(CCC1)C2)Oc1ccc(C(=O)N2CCC(N3C(=O)CCc4ccccc43)CC2)cc1. The Bertz CT molecular complexity index is 1190. The minimum Gasteiger partial charge on any atom is -0.475 e. The normalized spacial score (nSPS) is 25.5. The lowest BCUT2D eigenvalue weighted by molar-refractivity contribution is -0.119. The summed E-state index contributed by atoms with van der Waals surface area (Å²) < 4.78 is 6.53. The Labute approximate surface area is 245 Å². The van der Waals surface area contributed by atoms with Gasteiger partial charge in [-0.3, -0.25) is 14.9 Å². The van der Waals surface area contributed by atoms with Crippen molar-refractivity contribution in [2.24, 2.45) is 5.92 Å². The fourth-order valence-corrected chi connectivity index (χ4v) is 7.99. The Hall–Kier alpha value is -2.86. The third kappa shape index (κ3) is 6.33. The zero-order valence-corrected chi connectivity index (χ0v) is 24.8. The van der Waals surface area contributed by atoms with Crippen molar-refractivity contribution >= 4 is 17.5 Å². The number of aryl methyl sites for hydroxylation is 1. The number of nitrogens with one attached hydrogen (secondary N) is 1. The van der Waals surface area contributed by atoms with Crippen LogP contribution in [-0.4, -0.2) is 47.6 Å². The summed E-state index contributed by atoms with van der Waals surface area (Å²) in [6.07, 6.45) is 15.6. The molecule has 220 valence electrons. The van der Waals surface area contributed by atoms with Gasteiger partial charge >= 0.3 is 0 Å². The number of para-hydroxylation sites is 1. The number of carbonyl (C=O) groups is 2. The van der Waals surface area contributed by atoms with Gasteiger partial charge in [0.15, 0.2) is 6.23 Å². The van der Waals surface area contributed by atoms with Crippen molar-refractivity contribution in [1.29, 1.82) is 0 Å². The second-order valence-electron chi connectivity index (χ2n) is 13.0. The molecule has 1 saturated heterocycles. The smallest absolute Gasteiger partial charge is 0.253 e. The van der Waals surface area contributed by atoms with Crippen LogP contribution in [0.5, 0.6) is 5.75 Å². The van der Waals surface area contributed by atoms with Crippen molar-refractivity contribution in [3.8, 4) is 5.75 Å². The topological polar surface area (TPSA) is 61.9 Å². The van der Waals surface area contributed by atoms with Gasteiger partial charge in [-0.25, -0.2) is 0 Å². The highest BCUT2D eigenvalue weighted by atomic mass is 16.5. The molecular formula is C35H47N3O3. The molecular weight excluding hydrogens is 510 g/mol. The maximum Gasteiger partial charge on any atom is 0.253 e. The van der Waals surface area contributed by atoms with Crippen LogP contribution in [0.4, 0.5) is 5.69 Å². The molecule has 2 heterocycles. The fraction of sp³-hybridized carbons (Fsp3) is 0.600. The molecule has 1 N–H and O–H groups in total. The van der Waals surface area contributed by atoms with Gasteiger partial charge in [0, 0.05) is 42.3 Å². The highest BCUT2D eigenvalue weighted by Crippen LogP contribution is 2.43. The van der Waals surface area contributed by atoms with E-state index in [9.17, 15) is 9.59 Å². The molecule has 0 radical (unpaired) electrons. The molecule has 6 nitrogen and oxygen atoms in total. The number of rotatable bonds is 9. The first-order valence-electron chi connectivity index (χ1n) is 16.3. The van der Waals surface area contributed by atoms with Gasteiger partial charge in [-0.15, -0.1) is 0 Å². The molecule has 0 spiro atoms. The highest BCUT2D eigenvalue weighted by Gasteiger charge is 2.40. The van der Waals surface area contributed by atoms with E-state index < -0.39 is 0 Å². The van der Waals surface area contributed by atoms with Gasteiger partial charge in [-0.2, -0.15) is 0 Å². The molecule has 1 atom stereocenters. The zero-order chi connectivity index (χ0) is 28.2. The fourth-order valence-electron chi connectivity index (χ4n) is 7.99. The van der Waals surface area contributed by atoms with Crippen molar-refractivity contribution in [2.45, 2.75) is 115 Å². The largest absolute Gasteiger partial charge is 0.475 e. The van der Waals surface area contributed by atoms with E-state index in [4.69, 9.17) is 4.74 Å². The van der Waals surface area contributed by atoms with Crippen LogP contribution in [-0.2, 0) is 11.2 Å². The number of hydrogen-bond donors (Lipinski definition) is 1. The minimum absolute atomic E-state index is 0.00927. The Kier molecular flexibility index (Phi) is 8.66. The number of amides is 2. The Morgan fingerprint density at radius 2 is 1.73 bits per heavy atom. The summed E-state index contributed by atoms with van der Waals surface area (Å²) >= 11 is 0. The number of unbranched alkanes of at least 4 members (excludes halogenated alkanes) is 1. The number of likely N-dealkylation sites (tertiary alicyclic amines) is 1. The second kappa shape index (κ2) is 12.6. The summed E-state index contributed by atoms with van der Waals surface area (Å²) in [6, 6.07) is 16.2. The number of fused-ring (bicyclic) bond motifs is 3. The molecule has 2 aliphatic carbocycles. The van der Waals surface area contributed by atoms with Gasteiger partial charge in [0.25, 0.3) is 5.91 Å². The lowest BCUT2D eigenvalue weighted by Crippen LogP contribution is -2.56. The molecule has 4 aliphatic rings. The third-order valence-electron chi connectivity index (χ3n) is 10.1. The molecule has 2 saturated carbocycles. The van der Waals surface area contributed by atoms with Crippen LogP contribution in [0.3, 0.4) is 0 Å². The van der Waals surface area contributed by atoms with E-state index in [-0.39, 0.29) is 29.6 Å². The van der Waals surface area contributed by atoms with E-state index in [1.54, 1.807) is 0 Å². The molecule has 2 aliphatic heterocycles. The zero-order valence-electron chi connectivity index (χ0n) is 24.8. The molecule has 2 aromatic carbocycles. The second-order valence-corrected chi connectivity index (χ2v) is 13.0. The van der Waals surface area contributed by atoms with E-state index in [1.807, 2.05) is 46.2 Å². The van der Waals surface area contributed by atoms with Gasteiger partial charge in [0.2, 0.25) is 5.91 Å². The molecule has 0 aromatic heterocycles. The van der Waals surface area contributed by atoms with Gasteiger partial charge in [0.05, 0.1) is 0 Å². The molecule has 2 aromatic rings. The average Bonchev–Trinajstić information content (AvgIpc) is 3.00. The van der Waals surface area contributed by atoms with Crippen molar-refractivity contribution in [2.75, 3.05) is 18.0 Å². The highest BCUT2D eigenvalue weighted by molar-refractivity contribution is 5.97. The van der Waals surface area contributed by atoms with E-state index >= 15 is 0 Å². The van der Waals surface area contributed by atoms with Crippen LogP contribution in [0.1, 0.15) is 106 Å². The van der Waals surface area contributed by atoms with Crippen LogP contribution in [0.2, 0.25) is 0 Å². The Morgan fingerprint density at radius 1 is 1.00 bits per heavy atom. The quantitative estimate of drug-likeness (QED) is 0.342. The van der Waals surface area contributed by atoms with Gasteiger partial charge < -0.3 is 14.5 Å². The van der Waals surface area contributed by atoms with Gasteiger partial charge in [0.1, 0.15) is 5.75 Å². The minimum atomic E-state index is 0.00927. The molecule has 3 fully saturated rings. The van der Waals surface area contributed by atoms with Crippen LogP contribution >= 0.6 is 0 Å². The number of carbonyl (C=O) groups excluding carboxylic acids is 2. The maximum atomic E-state index is 13.4. The van der Waals surface area contributed by atoms with E-state index in [0.717, 1.165) is 55.9 Å². The summed E-state index contributed by atoms with van der Waals surface area (Å²) in [6.45, 7) is 3.57. The predicted molar refractivity (Wildman–Crippen MR) is 163 cm³/mol. The van der Waals surface area contributed by atoms with E-state index in [1.165, 1.54) is 50.5 Å². The Balaban J connectivity index is 1.06. The molecule has 2 amide bonds. The van der Waals surface area contributed by atoms with Crippen molar-refractivity contribution in [3.05, 3.63) is 59.7 Å². The van der Waals surface area contributed by atoms with Crippen molar-refractivity contribution in [1.82, 2.24) is 10.2 Å². The third-order valence-corrected chi connectivity index (χ3v) is 10.1. The number of piperidine rings is 1. The van der Waals surface area contributed by atoms with E-state index in [2.05, 4.69) is 24.4 Å². The lowest BCUT2D eigenvalue weighted by atomic mass is 9.67. The number of ether oxygens (including phenoxy) is 1.